The van der Waals surface area contributed by atoms with Gasteiger partial charge in [-0.2, -0.15) is 13.2 Å². The number of piperidine rings is 1. The highest BCUT2D eigenvalue weighted by Crippen LogP contribution is 2.39. The lowest BCUT2D eigenvalue weighted by Crippen LogP contribution is -2.54. The number of piperazine rings is 1. The van der Waals surface area contributed by atoms with Crippen LogP contribution in [0.2, 0.25) is 0 Å². The molecule has 2 saturated heterocycles. The number of amides is 5. The third kappa shape index (κ3) is 7.97. The maximum absolute atomic E-state index is 15.6. The molecule has 3 aliphatic heterocycles. The number of ether oxygens (including phenoxy) is 1. The highest BCUT2D eigenvalue weighted by molar-refractivity contribution is 6.23. The molecule has 7 rings (SSSR count). The van der Waals surface area contributed by atoms with Gasteiger partial charge in [0, 0.05) is 76.4 Å². The molecular formula is C39H37F4N9O6. The molecule has 302 valence electrons. The lowest BCUT2D eigenvalue weighted by Gasteiger charge is -2.36. The predicted octanol–water partition coefficient (Wildman–Crippen LogP) is 4.26. The summed E-state index contributed by atoms with van der Waals surface area (Å²) in [5, 5.41) is 10.0. The van der Waals surface area contributed by atoms with Crippen LogP contribution in [0, 0.1) is 5.82 Å². The van der Waals surface area contributed by atoms with E-state index in [9.17, 15) is 37.1 Å². The van der Waals surface area contributed by atoms with Gasteiger partial charge in [-0.05, 0) is 54.8 Å². The number of nitrogens with zero attached hydrogens (tertiary/aromatic N) is 5. The van der Waals surface area contributed by atoms with E-state index in [-0.39, 0.29) is 52.6 Å². The summed E-state index contributed by atoms with van der Waals surface area (Å²) >= 11 is 0. The normalized spacial score (nSPS) is 17.2. The van der Waals surface area contributed by atoms with E-state index in [1.165, 1.54) is 44.6 Å². The van der Waals surface area contributed by atoms with Crippen molar-refractivity contribution in [1.82, 2.24) is 30.4 Å². The average molecular weight is 804 g/mol. The summed E-state index contributed by atoms with van der Waals surface area (Å²) in [7, 11) is 2.76. The van der Waals surface area contributed by atoms with Crippen LogP contribution in [0.3, 0.4) is 0 Å². The van der Waals surface area contributed by atoms with Gasteiger partial charge >= 0.3 is 6.18 Å². The topological polar surface area (TPSA) is 178 Å². The zero-order chi connectivity index (χ0) is 41.3. The smallest absolute Gasteiger partial charge is 0.419 e. The van der Waals surface area contributed by atoms with E-state index in [1.807, 2.05) is 0 Å². The minimum Gasteiger partial charge on any atom is -0.495 e. The minimum atomic E-state index is -4.80. The largest absolute Gasteiger partial charge is 0.495 e. The molecule has 4 aromatic rings. The number of carbonyl (C=O) groups excluding carboxylic acids is 5. The molecule has 0 spiro atoms. The third-order valence-corrected chi connectivity index (χ3v) is 10.2. The third-order valence-electron chi connectivity index (χ3n) is 10.2. The first-order valence-corrected chi connectivity index (χ1v) is 18.2. The van der Waals surface area contributed by atoms with Crippen molar-refractivity contribution in [1.29, 1.82) is 0 Å². The summed E-state index contributed by atoms with van der Waals surface area (Å²) in [6.07, 6.45) is -2.45. The van der Waals surface area contributed by atoms with Gasteiger partial charge in [-0.25, -0.2) is 14.4 Å². The lowest BCUT2D eigenvalue weighted by molar-refractivity contribution is -0.137. The number of rotatable bonds is 11. The number of halogens is 4. The highest BCUT2D eigenvalue weighted by Gasteiger charge is 2.45. The van der Waals surface area contributed by atoms with Gasteiger partial charge in [0.25, 0.3) is 17.7 Å². The molecule has 1 unspecified atom stereocenters. The Morgan fingerprint density at radius 1 is 0.948 bits per heavy atom. The molecule has 0 radical (unpaired) electrons. The molecule has 19 heteroatoms. The van der Waals surface area contributed by atoms with Gasteiger partial charge in [0.05, 0.1) is 40.7 Å². The predicted molar refractivity (Wildman–Crippen MR) is 202 cm³/mol. The Hall–Kier alpha value is -6.63. The van der Waals surface area contributed by atoms with Crippen LogP contribution in [0.15, 0.2) is 60.9 Å². The number of methoxy groups -OCH3 is 1. The van der Waals surface area contributed by atoms with Crippen molar-refractivity contribution in [3.05, 3.63) is 94.6 Å². The maximum atomic E-state index is 15.6. The number of fused-ring (bicyclic) bond motifs is 1. The monoisotopic (exact) mass is 803 g/mol. The number of pyridine rings is 2. The molecule has 2 aromatic carbocycles. The highest BCUT2D eigenvalue weighted by atomic mass is 19.4. The second kappa shape index (κ2) is 16.1. The minimum absolute atomic E-state index is 0.0164. The maximum Gasteiger partial charge on any atom is 0.419 e. The number of carbonyl (C=O) groups is 5. The quantitative estimate of drug-likeness (QED) is 0.125. The van der Waals surface area contributed by atoms with Crippen LogP contribution in [-0.4, -0.2) is 102 Å². The molecule has 2 fully saturated rings. The van der Waals surface area contributed by atoms with E-state index >= 15 is 4.39 Å². The van der Waals surface area contributed by atoms with E-state index in [4.69, 9.17) is 4.74 Å². The fraction of sp³-hybridized carbons (Fsp3) is 0.308. The van der Waals surface area contributed by atoms with Crippen LogP contribution in [0.5, 0.6) is 5.75 Å². The Kier molecular flexibility index (Phi) is 11.0. The summed E-state index contributed by atoms with van der Waals surface area (Å²) in [5.41, 5.74) is 0.0676. The van der Waals surface area contributed by atoms with E-state index in [0.717, 1.165) is 16.7 Å². The number of aromatic nitrogens is 2. The van der Waals surface area contributed by atoms with Crippen LogP contribution in [0.25, 0.3) is 0 Å². The standard InChI is InChI=1S/C39H37F4N9O6/c1-44-35(54)24-4-3-10-45-34(24)48-28-19-32(46-20-26(28)39(41,42)43)47-29-18-27(40)21(16-31(29)58-2)9-11-50-12-14-51(15-13-50)22-5-6-23-25(17-22)38(57)52(37(23)56)30-7-8-33(53)49-36(30)55/h3-6,10,16-20,30H,7-9,11-15H2,1-2H3,(H,44,54)(H,49,53,55)(H2,45,46,47,48). The van der Waals surface area contributed by atoms with Crippen LogP contribution in [0.1, 0.15) is 55.0 Å². The molecular weight excluding hydrogens is 766 g/mol. The van der Waals surface area contributed by atoms with Crippen LogP contribution in [0.4, 0.5) is 46.3 Å². The Morgan fingerprint density at radius 2 is 1.71 bits per heavy atom. The molecule has 0 aliphatic carbocycles. The summed E-state index contributed by atoms with van der Waals surface area (Å²) < 4.78 is 63.0. The van der Waals surface area contributed by atoms with Gasteiger partial charge in [0.15, 0.2) is 0 Å². The van der Waals surface area contributed by atoms with E-state index < -0.39 is 58.8 Å². The van der Waals surface area contributed by atoms with Crippen molar-refractivity contribution in [2.45, 2.75) is 31.5 Å². The molecule has 1 atom stereocenters. The van der Waals surface area contributed by atoms with Gasteiger partial charge in [-0.1, -0.05) is 0 Å². The fourth-order valence-corrected chi connectivity index (χ4v) is 7.16. The van der Waals surface area contributed by atoms with E-state index in [0.29, 0.717) is 50.9 Å². The molecule has 15 nitrogen and oxygen atoms in total. The molecule has 5 amide bonds. The van der Waals surface area contributed by atoms with Crippen molar-refractivity contribution in [2.75, 3.05) is 62.4 Å². The van der Waals surface area contributed by atoms with Gasteiger partial charge in [-0.3, -0.25) is 39.1 Å². The molecule has 2 aromatic heterocycles. The summed E-state index contributed by atoms with van der Waals surface area (Å²) in [5.74, 6) is -3.36. The molecule has 5 heterocycles. The SMILES string of the molecule is CNC(=O)c1cccnc1Nc1cc(Nc2cc(F)c(CCN3CCN(c4ccc5c(c4)C(=O)N(C4CCC(=O)NC4=O)C5=O)CC3)cc2OC)ncc1C(F)(F)F. The van der Waals surface area contributed by atoms with Crippen LogP contribution < -0.4 is 30.9 Å². The first-order valence-electron chi connectivity index (χ1n) is 18.2. The number of benzene rings is 2. The molecule has 0 saturated carbocycles. The van der Waals surface area contributed by atoms with Gasteiger partial charge in [0.1, 0.15) is 29.2 Å². The van der Waals surface area contributed by atoms with Crippen LogP contribution in [-0.2, 0) is 22.2 Å². The fourth-order valence-electron chi connectivity index (χ4n) is 7.16. The summed E-state index contributed by atoms with van der Waals surface area (Å²) in [6.45, 7) is 2.89. The lowest BCUT2D eigenvalue weighted by atomic mass is 10.0. The number of hydrogen-bond donors (Lipinski definition) is 4. The second-order valence-electron chi connectivity index (χ2n) is 13.7. The Morgan fingerprint density at radius 3 is 2.41 bits per heavy atom. The van der Waals surface area contributed by atoms with Gasteiger partial charge < -0.3 is 25.6 Å². The van der Waals surface area contributed by atoms with Gasteiger partial charge in [0.2, 0.25) is 11.8 Å². The second-order valence-corrected chi connectivity index (χ2v) is 13.7. The average Bonchev–Trinajstić information content (AvgIpc) is 3.45. The Balaban J connectivity index is 0.989. The molecule has 58 heavy (non-hydrogen) atoms. The van der Waals surface area contributed by atoms with Crippen molar-refractivity contribution in [2.24, 2.45) is 0 Å². The number of imide groups is 2. The first-order chi connectivity index (χ1) is 27.7. The Bertz CT molecular complexity index is 2320. The van der Waals surface area contributed by atoms with E-state index in [2.05, 4.69) is 41.0 Å². The summed E-state index contributed by atoms with van der Waals surface area (Å²) in [4.78, 5) is 75.8. The zero-order valence-electron chi connectivity index (χ0n) is 31.2. The number of hydrogen-bond acceptors (Lipinski definition) is 12. The van der Waals surface area contributed by atoms with Crippen molar-refractivity contribution in [3.8, 4) is 5.75 Å². The molecule has 4 N–H and O–H groups in total. The molecule has 3 aliphatic rings. The number of anilines is 5. The van der Waals surface area contributed by atoms with Crippen molar-refractivity contribution >= 4 is 58.2 Å². The Labute approximate surface area is 328 Å². The van der Waals surface area contributed by atoms with Crippen LogP contribution >= 0.6 is 0 Å². The summed E-state index contributed by atoms with van der Waals surface area (Å²) in [6, 6.07) is 10.6. The number of nitrogens with one attached hydrogen (secondary N) is 4. The molecule has 0 bridgehead atoms. The number of alkyl halides is 3. The van der Waals surface area contributed by atoms with Crippen molar-refractivity contribution < 1.29 is 46.3 Å². The first kappa shape index (κ1) is 39.6. The van der Waals surface area contributed by atoms with Crippen molar-refractivity contribution in [3.63, 3.8) is 0 Å². The van der Waals surface area contributed by atoms with Gasteiger partial charge in [-0.15, -0.1) is 0 Å². The van der Waals surface area contributed by atoms with E-state index in [1.54, 1.807) is 18.2 Å². The zero-order valence-corrected chi connectivity index (χ0v) is 31.2.